The molecule has 5 nitrogen and oxygen atoms in total. The lowest BCUT2D eigenvalue weighted by Gasteiger charge is -2.21. The first-order valence-corrected chi connectivity index (χ1v) is 25.3. The van der Waals surface area contributed by atoms with E-state index in [1.165, 1.54) is 205 Å². The highest BCUT2D eigenvalue weighted by Crippen LogP contribution is 2.16. The molecule has 0 aromatic heterocycles. The number of aliphatic hydroxyl groups is 3. The zero-order valence-corrected chi connectivity index (χ0v) is 38.2. The van der Waals surface area contributed by atoms with Crippen molar-refractivity contribution in [1.82, 2.24) is 5.32 Å². The van der Waals surface area contributed by atoms with Gasteiger partial charge in [-0.05, 0) is 57.8 Å². The van der Waals surface area contributed by atoms with Gasteiger partial charge in [-0.3, -0.25) is 4.79 Å². The van der Waals surface area contributed by atoms with Gasteiger partial charge in [0.15, 0.2) is 0 Å². The molecule has 0 aliphatic carbocycles. The molecule has 0 saturated heterocycles. The third-order valence-electron chi connectivity index (χ3n) is 11.6. The second kappa shape index (κ2) is 47.3. The number of nitrogens with one attached hydrogen (secondary N) is 1. The lowest BCUT2D eigenvalue weighted by atomic mass is 10.0. The molecule has 0 saturated carbocycles. The molecule has 336 valence electrons. The van der Waals surface area contributed by atoms with E-state index >= 15 is 0 Å². The Morgan fingerprint density at radius 1 is 0.439 bits per heavy atom. The molecule has 57 heavy (non-hydrogen) atoms. The average Bonchev–Trinajstić information content (AvgIpc) is 3.20. The van der Waals surface area contributed by atoms with Gasteiger partial charge < -0.3 is 20.6 Å². The van der Waals surface area contributed by atoms with Gasteiger partial charge in [-0.1, -0.05) is 237 Å². The second-order valence-electron chi connectivity index (χ2n) is 17.4. The van der Waals surface area contributed by atoms with E-state index < -0.39 is 18.2 Å². The van der Waals surface area contributed by atoms with Gasteiger partial charge in [0.1, 0.15) is 0 Å². The number of aliphatic hydroxyl groups excluding tert-OH is 3. The fraction of sp³-hybridized carbons (Fsp3) is 0.865. The smallest absolute Gasteiger partial charge is 0.222 e. The van der Waals surface area contributed by atoms with Crippen molar-refractivity contribution in [3.8, 4) is 0 Å². The maximum absolute atomic E-state index is 12.5. The summed E-state index contributed by atoms with van der Waals surface area (Å²) >= 11 is 0. The Kier molecular flexibility index (Phi) is 46.1. The summed E-state index contributed by atoms with van der Waals surface area (Å²) in [5.41, 5.74) is 0. The predicted molar refractivity (Wildman–Crippen MR) is 250 cm³/mol. The number of carbonyl (C=O) groups is 1. The van der Waals surface area contributed by atoms with Crippen LogP contribution in [-0.2, 0) is 4.79 Å². The minimum absolute atomic E-state index is 0.00674. The van der Waals surface area contributed by atoms with Gasteiger partial charge in [-0.25, -0.2) is 0 Å². The van der Waals surface area contributed by atoms with Crippen molar-refractivity contribution in [2.75, 3.05) is 6.61 Å². The standard InChI is InChI=1S/C52H99NO4/c1-3-5-7-9-11-13-15-17-19-20-21-22-23-24-25-26-27-28-29-30-31-32-33-35-37-39-41-43-45-49(55)47-52(57)53-50(48-54)51(56)46-44-42-40-38-36-34-18-16-14-12-10-8-6-4-2/h24-25,36,38,44,46,49-51,54-56H,3-23,26-35,37,39-43,45,47-48H2,1-2H3,(H,53,57)/b25-24-,38-36+,46-44+. The summed E-state index contributed by atoms with van der Waals surface area (Å²) in [6.45, 7) is 4.21. The normalized spacial score (nSPS) is 13.7. The van der Waals surface area contributed by atoms with Crippen LogP contribution in [0.2, 0.25) is 0 Å². The summed E-state index contributed by atoms with van der Waals surface area (Å²) in [4.78, 5) is 12.5. The lowest BCUT2D eigenvalue weighted by Crippen LogP contribution is -2.45. The Hall–Kier alpha value is -1.43. The van der Waals surface area contributed by atoms with E-state index in [0.29, 0.717) is 6.42 Å². The molecule has 0 aliphatic heterocycles. The van der Waals surface area contributed by atoms with Gasteiger partial charge in [0, 0.05) is 0 Å². The molecule has 3 atom stereocenters. The number of hydrogen-bond donors (Lipinski definition) is 4. The van der Waals surface area contributed by atoms with Crippen molar-refractivity contribution in [3.63, 3.8) is 0 Å². The highest BCUT2D eigenvalue weighted by atomic mass is 16.3. The Morgan fingerprint density at radius 3 is 1.12 bits per heavy atom. The fourth-order valence-electron chi connectivity index (χ4n) is 7.76. The first-order chi connectivity index (χ1) is 28.0. The highest BCUT2D eigenvalue weighted by molar-refractivity contribution is 5.76. The average molecular weight is 802 g/mol. The summed E-state index contributed by atoms with van der Waals surface area (Å²) < 4.78 is 0. The molecule has 0 rings (SSSR count). The molecule has 0 aromatic rings. The van der Waals surface area contributed by atoms with Crippen molar-refractivity contribution < 1.29 is 20.1 Å². The van der Waals surface area contributed by atoms with Gasteiger partial charge in [-0.2, -0.15) is 0 Å². The van der Waals surface area contributed by atoms with Crippen molar-refractivity contribution >= 4 is 5.91 Å². The Balaban J connectivity index is 3.57. The third-order valence-corrected chi connectivity index (χ3v) is 11.6. The summed E-state index contributed by atoms with van der Waals surface area (Å²) in [5.74, 6) is -0.324. The number of carbonyl (C=O) groups excluding carboxylic acids is 1. The molecular formula is C52H99NO4. The number of allylic oxidation sites excluding steroid dienone is 5. The van der Waals surface area contributed by atoms with Crippen molar-refractivity contribution in [1.29, 1.82) is 0 Å². The van der Waals surface area contributed by atoms with Crippen LogP contribution < -0.4 is 5.32 Å². The maximum Gasteiger partial charge on any atom is 0.222 e. The van der Waals surface area contributed by atoms with Crippen molar-refractivity contribution in [3.05, 3.63) is 36.5 Å². The van der Waals surface area contributed by atoms with E-state index in [1.807, 2.05) is 6.08 Å². The van der Waals surface area contributed by atoms with Gasteiger partial charge >= 0.3 is 0 Å². The quantitative estimate of drug-likeness (QED) is 0.0365. The number of hydrogen-bond acceptors (Lipinski definition) is 4. The summed E-state index contributed by atoms with van der Waals surface area (Å²) in [7, 11) is 0. The van der Waals surface area contributed by atoms with Crippen LogP contribution in [0.15, 0.2) is 36.5 Å². The van der Waals surface area contributed by atoms with Crippen molar-refractivity contribution in [2.45, 2.75) is 283 Å². The summed E-state index contributed by atoms with van der Waals surface area (Å²) in [6.07, 6.45) is 60.3. The first-order valence-electron chi connectivity index (χ1n) is 25.3. The van der Waals surface area contributed by atoms with Gasteiger partial charge in [0.05, 0.1) is 31.3 Å². The molecular weight excluding hydrogens is 703 g/mol. The molecule has 1 amide bonds. The highest BCUT2D eigenvalue weighted by Gasteiger charge is 2.20. The van der Waals surface area contributed by atoms with Crippen LogP contribution in [0.4, 0.5) is 0 Å². The Labute approximate surface area is 355 Å². The molecule has 0 bridgehead atoms. The van der Waals surface area contributed by atoms with E-state index in [4.69, 9.17) is 0 Å². The predicted octanol–water partition coefficient (Wildman–Crippen LogP) is 15.1. The molecule has 0 radical (unpaired) electrons. The molecule has 5 heteroatoms. The van der Waals surface area contributed by atoms with Crippen molar-refractivity contribution in [2.24, 2.45) is 0 Å². The fourth-order valence-corrected chi connectivity index (χ4v) is 7.76. The Morgan fingerprint density at radius 2 is 0.754 bits per heavy atom. The van der Waals surface area contributed by atoms with Gasteiger partial charge in [0.2, 0.25) is 5.91 Å². The number of amides is 1. The topological polar surface area (TPSA) is 89.8 Å². The van der Waals surface area contributed by atoms with E-state index in [-0.39, 0.29) is 18.9 Å². The molecule has 0 aromatic carbocycles. The Bertz CT molecular complexity index is 885. The zero-order chi connectivity index (χ0) is 41.5. The zero-order valence-electron chi connectivity index (χ0n) is 38.2. The number of rotatable bonds is 46. The molecule has 0 fully saturated rings. The van der Waals surface area contributed by atoms with E-state index in [2.05, 4.69) is 43.5 Å². The third kappa shape index (κ3) is 44.0. The van der Waals surface area contributed by atoms with Crippen LogP contribution in [0.3, 0.4) is 0 Å². The van der Waals surface area contributed by atoms with Gasteiger partial charge in [-0.15, -0.1) is 0 Å². The van der Waals surface area contributed by atoms with E-state index in [1.54, 1.807) is 6.08 Å². The lowest BCUT2D eigenvalue weighted by molar-refractivity contribution is -0.124. The van der Waals surface area contributed by atoms with Crippen LogP contribution in [0.1, 0.15) is 264 Å². The van der Waals surface area contributed by atoms with Gasteiger partial charge in [0.25, 0.3) is 0 Å². The second-order valence-corrected chi connectivity index (χ2v) is 17.4. The molecule has 3 unspecified atom stereocenters. The van der Waals surface area contributed by atoms with Crippen LogP contribution in [-0.4, -0.2) is 46.1 Å². The minimum Gasteiger partial charge on any atom is -0.394 e. The number of unbranched alkanes of at least 4 members (excludes halogenated alkanes) is 33. The van der Waals surface area contributed by atoms with Crippen LogP contribution in [0.5, 0.6) is 0 Å². The molecule has 0 heterocycles. The molecule has 4 N–H and O–H groups in total. The first kappa shape index (κ1) is 55.6. The molecule has 0 spiro atoms. The summed E-state index contributed by atoms with van der Waals surface area (Å²) in [5, 5.41) is 33.3. The minimum atomic E-state index is -0.950. The van der Waals surface area contributed by atoms with E-state index in [9.17, 15) is 20.1 Å². The maximum atomic E-state index is 12.5. The van der Waals surface area contributed by atoms with E-state index in [0.717, 1.165) is 32.1 Å². The van der Waals surface area contributed by atoms with Crippen LogP contribution in [0.25, 0.3) is 0 Å². The summed E-state index contributed by atoms with van der Waals surface area (Å²) in [6, 6.07) is -0.760. The SMILES string of the molecule is CCCCCCCCCC/C=C/CC/C=C/C(O)C(CO)NC(=O)CC(O)CCCCCCCCCCCCCC/C=C\CCCCCCCCCCCCCC. The monoisotopic (exact) mass is 802 g/mol. The largest absolute Gasteiger partial charge is 0.394 e. The molecule has 0 aliphatic rings. The van der Waals surface area contributed by atoms with Crippen LogP contribution in [0, 0.1) is 0 Å². The van der Waals surface area contributed by atoms with Crippen LogP contribution >= 0.6 is 0 Å².